The summed E-state index contributed by atoms with van der Waals surface area (Å²) in [6.07, 6.45) is -1.68. The molecule has 1 heterocycles. The van der Waals surface area contributed by atoms with Crippen LogP contribution in [0.2, 0.25) is 10.0 Å². The van der Waals surface area contributed by atoms with Crippen LogP contribution in [-0.4, -0.2) is 35.3 Å². The minimum atomic E-state index is -4.74. The maximum Gasteiger partial charge on any atom is 0.572 e. The van der Waals surface area contributed by atoms with Crippen molar-refractivity contribution in [1.82, 2.24) is 4.90 Å². The molecule has 0 bridgehead atoms. The number of halogens is 5. The fourth-order valence-corrected chi connectivity index (χ4v) is 3.47. The van der Waals surface area contributed by atoms with E-state index in [9.17, 15) is 22.8 Å². The Balaban J connectivity index is 1.82. The molecule has 1 saturated heterocycles. The quantitative estimate of drug-likeness (QED) is 0.556. The highest BCUT2D eigenvalue weighted by Crippen LogP contribution is 2.36. The first-order valence-electron chi connectivity index (χ1n) is 8.66. The molecule has 0 atom stereocenters. The molecule has 3 rings (SSSR count). The number of benzene rings is 1. The predicted molar refractivity (Wildman–Crippen MR) is 103 cm³/mol. The molecule has 1 aliphatic carbocycles. The highest BCUT2D eigenvalue weighted by molar-refractivity contribution is 6.42. The summed E-state index contributed by atoms with van der Waals surface area (Å²) in [4.78, 5) is 28.3. The van der Waals surface area contributed by atoms with Gasteiger partial charge in [-0.05, 0) is 44.5 Å². The zero-order valence-corrected chi connectivity index (χ0v) is 17.0. The Bertz CT molecular complexity index is 926. The first-order chi connectivity index (χ1) is 13.4. The molecule has 1 fully saturated rings. The van der Waals surface area contributed by atoms with E-state index in [-0.39, 0.29) is 30.2 Å². The Labute approximate surface area is 175 Å². The normalized spacial score (nSPS) is 19.4. The fourth-order valence-electron chi connectivity index (χ4n) is 3.18. The number of rotatable bonds is 4. The van der Waals surface area contributed by atoms with Crippen molar-refractivity contribution < 1.29 is 27.5 Å². The van der Waals surface area contributed by atoms with Gasteiger partial charge in [0.2, 0.25) is 0 Å². The number of imide groups is 1. The number of carbonyl (C=O) groups excluding carboxylic acids is 2. The van der Waals surface area contributed by atoms with Crippen molar-refractivity contribution in [3.8, 4) is 0 Å². The Morgan fingerprint density at radius 3 is 2.34 bits per heavy atom. The number of nitrogens with zero attached hydrogens (tertiary/aromatic N) is 2. The van der Waals surface area contributed by atoms with Gasteiger partial charge in [0, 0.05) is 13.0 Å². The molecular weight excluding hydrogens is 432 g/mol. The molecule has 0 N–H and O–H groups in total. The minimum Gasteiger partial charge on any atom is -0.410 e. The predicted octanol–water partition coefficient (Wildman–Crippen LogP) is 5.68. The fraction of sp³-hybridized carbons (Fsp3) is 0.368. The molecule has 10 heteroatoms. The number of hydrogen-bond donors (Lipinski definition) is 0. The van der Waals surface area contributed by atoms with Crippen LogP contribution < -0.4 is 4.90 Å². The third-order valence-corrected chi connectivity index (χ3v) is 5.53. The minimum absolute atomic E-state index is 0.0538. The lowest BCUT2D eigenvalue weighted by Crippen LogP contribution is -2.45. The number of allylic oxidation sites excluding steroid dienone is 3. The average Bonchev–Trinajstić information content (AvgIpc) is 2.78. The van der Waals surface area contributed by atoms with E-state index in [0.717, 1.165) is 4.90 Å². The van der Waals surface area contributed by atoms with Gasteiger partial charge in [-0.15, -0.1) is 13.2 Å². The van der Waals surface area contributed by atoms with Crippen LogP contribution in [0.25, 0.3) is 0 Å². The number of alkyl halides is 3. The molecule has 29 heavy (non-hydrogen) atoms. The number of amides is 3. The van der Waals surface area contributed by atoms with Crippen LogP contribution in [0.4, 0.5) is 23.7 Å². The Kier molecular flexibility index (Phi) is 5.62. The van der Waals surface area contributed by atoms with Crippen LogP contribution in [0.1, 0.15) is 26.7 Å². The first kappa shape index (κ1) is 21.5. The maximum atomic E-state index is 13.0. The molecule has 2 aliphatic rings. The molecule has 0 radical (unpaired) electrons. The Morgan fingerprint density at radius 1 is 1.10 bits per heavy atom. The van der Waals surface area contributed by atoms with Crippen molar-refractivity contribution in [2.24, 2.45) is 0 Å². The van der Waals surface area contributed by atoms with Crippen LogP contribution in [-0.2, 0) is 9.53 Å². The highest BCUT2D eigenvalue weighted by atomic mass is 35.5. The Morgan fingerprint density at radius 2 is 1.79 bits per heavy atom. The van der Waals surface area contributed by atoms with Gasteiger partial charge < -0.3 is 9.64 Å². The second-order valence-corrected chi connectivity index (χ2v) is 7.99. The Hall–Kier alpha value is -2.19. The largest absolute Gasteiger partial charge is 0.572 e. The summed E-state index contributed by atoms with van der Waals surface area (Å²) >= 11 is 11.9. The summed E-state index contributed by atoms with van der Waals surface area (Å²) in [5, 5.41) is 0.500. The zero-order valence-electron chi connectivity index (χ0n) is 15.5. The molecule has 3 amide bonds. The van der Waals surface area contributed by atoms with E-state index >= 15 is 0 Å². The number of carbonyl (C=O) groups is 2. The van der Waals surface area contributed by atoms with Crippen molar-refractivity contribution in [2.45, 2.75) is 38.6 Å². The molecule has 1 aromatic rings. The van der Waals surface area contributed by atoms with Gasteiger partial charge in [0.15, 0.2) is 0 Å². The van der Waals surface area contributed by atoms with E-state index in [1.165, 1.54) is 35.3 Å². The summed E-state index contributed by atoms with van der Waals surface area (Å²) in [5.74, 6) is -0.629. The molecule has 156 valence electrons. The molecule has 5 nitrogen and oxygen atoms in total. The highest BCUT2D eigenvalue weighted by Gasteiger charge is 2.52. The third-order valence-electron chi connectivity index (χ3n) is 4.79. The van der Waals surface area contributed by atoms with Gasteiger partial charge in [0.25, 0.3) is 5.91 Å². The lowest BCUT2D eigenvalue weighted by atomic mass is 9.99. The first-order valence-corrected chi connectivity index (χ1v) is 9.41. The van der Waals surface area contributed by atoms with E-state index in [1.807, 2.05) is 0 Å². The van der Waals surface area contributed by atoms with E-state index in [4.69, 9.17) is 23.2 Å². The van der Waals surface area contributed by atoms with Crippen molar-refractivity contribution >= 4 is 40.8 Å². The lowest BCUT2D eigenvalue weighted by Gasteiger charge is -2.29. The number of anilines is 1. The van der Waals surface area contributed by atoms with Gasteiger partial charge in [-0.2, -0.15) is 0 Å². The van der Waals surface area contributed by atoms with E-state index in [1.54, 1.807) is 13.8 Å². The second-order valence-electron chi connectivity index (χ2n) is 7.17. The van der Waals surface area contributed by atoms with Crippen LogP contribution in [0, 0.1) is 0 Å². The van der Waals surface area contributed by atoms with E-state index in [0.29, 0.717) is 16.3 Å². The summed E-state index contributed by atoms with van der Waals surface area (Å²) in [5.41, 5.74) is -0.135. The zero-order chi connectivity index (χ0) is 21.6. The number of urea groups is 1. The third kappa shape index (κ3) is 4.38. The van der Waals surface area contributed by atoms with Gasteiger partial charge in [-0.1, -0.05) is 34.9 Å². The van der Waals surface area contributed by atoms with Crippen LogP contribution in [0.3, 0.4) is 0 Å². The molecular formula is C19H17Cl2F3N2O3. The van der Waals surface area contributed by atoms with Crippen LogP contribution in [0.15, 0.2) is 41.7 Å². The monoisotopic (exact) mass is 448 g/mol. The summed E-state index contributed by atoms with van der Waals surface area (Å²) in [6, 6.07) is 3.91. The van der Waals surface area contributed by atoms with Gasteiger partial charge >= 0.3 is 12.4 Å². The van der Waals surface area contributed by atoms with Gasteiger partial charge in [0.05, 0.1) is 15.7 Å². The molecule has 0 spiro atoms. The number of hydrogen-bond acceptors (Lipinski definition) is 3. The smallest absolute Gasteiger partial charge is 0.410 e. The summed E-state index contributed by atoms with van der Waals surface area (Å²) < 4.78 is 40.9. The van der Waals surface area contributed by atoms with E-state index < -0.39 is 23.8 Å². The molecule has 1 aromatic carbocycles. The van der Waals surface area contributed by atoms with Crippen molar-refractivity contribution in [1.29, 1.82) is 0 Å². The van der Waals surface area contributed by atoms with Crippen molar-refractivity contribution in [3.63, 3.8) is 0 Å². The summed E-state index contributed by atoms with van der Waals surface area (Å²) in [6.45, 7) is 3.33. The van der Waals surface area contributed by atoms with Gasteiger partial charge in [0.1, 0.15) is 11.3 Å². The van der Waals surface area contributed by atoms with Gasteiger partial charge in [-0.25, -0.2) is 9.69 Å². The average molecular weight is 449 g/mol. The lowest BCUT2D eigenvalue weighted by molar-refractivity contribution is -0.306. The maximum absolute atomic E-state index is 13.0. The van der Waals surface area contributed by atoms with Crippen LogP contribution >= 0.6 is 23.2 Å². The number of ether oxygens (including phenoxy) is 1. The topological polar surface area (TPSA) is 49.9 Å². The van der Waals surface area contributed by atoms with Gasteiger partial charge in [-0.3, -0.25) is 4.79 Å². The standard InChI is InChI=1S/C19H17Cl2F3N2O3/c1-18(2)16(27)26(12-5-8-14(20)15(21)9-12)17(28)25(18)10-11-3-6-13(7-4-11)29-19(22,23)24/h3,5-6,8-9H,4,7,10H2,1-2H3. The molecule has 1 aliphatic heterocycles. The molecule has 0 unspecified atom stereocenters. The SMILES string of the molecule is CC1(C)C(=O)N(c2ccc(Cl)c(Cl)c2)C(=O)N1CC1=CC=C(OC(F)(F)F)CC1. The van der Waals surface area contributed by atoms with Crippen molar-refractivity contribution in [3.05, 3.63) is 51.7 Å². The van der Waals surface area contributed by atoms with Crippen LogP contribution in [0.5, 0.6) is 0 Å². The summed E-state index contributed by atoms with van der Waals surface area (Å²) in [7, 11) is 0. The van der Waals surface area contributed by atoms with Crippen molar-refractivity contribution in [2.75, 3.05) is 11.4 Å². The molecule has 0 saturated carbocycles. The van der Waals surface area contributed by atoms with E-state index in [2.05, 4.69) is 4.74 Å². The molecule has 0 aromatic heterocycles. The second kappa shape index (κ2) is 7.57.